The third-order valence-corrected chi connectivity index (χ3v) is 8.02. The van der Waals surface area contributed by atoms with Crippen molar-refractivity contribution in [3.63, 3.8) is 0 Å². The molecule has 0 saturated carbocycles. The van der Waals surface area contributed by atoms with Crippen molar-refractivity contribution in [1.82, 2.24) is 5.32 Å². The van der Waals surface area contributed by atoms with Crippen molar-refractivity contribution < 1.29 is 19.5 Å². The molecule has 35 heavy (non-hydrogen) atoms. The molecule has 0 fully saturated rings. The molecule has 190 valence electrons. The van der Waals surface area contributed by atoms with Gasteiger partial charge in [-0.05, 0) is 42.7 Å². The SMILES string of the molecule is CN(C)c1ccc(CSCCCC[C@H](NC(=O)C(C)(C)CSC(=O)c2ccccc2)C(=O)O)cc1. The highest BCUT2D eigenvalue weighted by molar-refractivity contribution is 8.14. The van der Waals surface area contributed by atoms with Gasteiger partial charge in [0.25, 0.3) is 0 Å². The fourth-order valence-electron chi connectivity index (χ4n) is 3.21. The van der Waals surface area contributed by atoms with Crippen LogP contribution in [0.4, 0.5) is 5.69 Å². The second-order valence-electron chi connectivity index (χ2n) is 9.30. The van der Waals surface area contributed by atoms with Crippen molar-refractivity contribution in [1.29, 1.82) is 0 Å². The van der Waals surface area contributed by atoms with Gasteiger partial charge in [0, 0.05) is 36.9 Å². The Hall–Kier alpha value is -2.45. The van der Waals surface area contributed by atoms with Gasteiger partial charge in [-0.3, -0.25) is 9.59 Å². The molecule has 2 aromatic rings. The smallest absolute Gasteiger partial charge is 0.326 e. The van der Waals surface area contributed by atoms with Crippen LogP contribution in [0.3, 0.4) is 0 Å². The molecule has 6 nitrogen and oxygen atoms in total. The number of benzene rings is 2. The Bertz CT molecular complexity index is 963. The van der Waals surface area contributed by atoms with Gasteiger partial charge < -0.3 is 15.3 Å². The molecule has 0 aliphatic carbocycles. The van der Waals surface area contributed by atoms with E-state index in [2.05, 4.69) is 34.5 Å². The van der Waals surface area contributed by atoms with Gasteiger partial charge >= 0.3 is 5.97 Å². The predicted molar refractivity (Wildman–Crippen MR) is 147 cm³/mol. The molecule has 0 aliphatic heterocycles. The van der Waals surface area contributed by atoms with Gasteiger partial charge in [0.1, 0.15) is 6.04 Å². The summed E-state index contributed by atoms with van der Waals surface area (Å²) in [5.74, 6) is 0.731. The number of thioether (sulfide) groups is 2. The number of carbonyl (C=O) groups is 3. The summed E-state index contributed by atoms with van der Waals surface area (Å²) in [5.41, 5.74) is 2.15. The van der Waals surface area contributed by atoms with Gasteiger partial charge in [-0.25, -0.2) is 4.79 Å². The van der Waals surface area contributed by atoms with Crippen molar-refractivity contribution in [3.8, 4) is 0 Å². The molecule has 2 aromatic carbocycles. The number of nitrogens with zero attached hydrogens (tertiary/aromatic N) is 1. The second kappa shape index (κ2) is 14.2. The lowest BCUT2D eigenvalue weighted by molar-refractivity contribution is -0.143. The molecule has 0 radical (unpaired) electrons. The Morgan fingerprint density at radius 1 is 1.00 bits per heavy atom. The van der Waals surface area contributed by atoms with Crippen molar-refractivity contribution in [2.75, 3.05) is 30.5 Å². The number of nitrogens with one attached hydrogen (secondary N) is 1. The molecule has 0 unspecified atom stereocenters. The van der Waals surface area contributed by atoms with Crippen LogP contribution in [0.5, 0.6) is 0 Å². The number of hydrogen-bond acceptors (Lipinski definition) is 6. The molecule has 0 spiro atoms. The number of amides is 1. The van der Waals surface area contributed by atoms with E-state index in [1.807, 2.05) is 31.9 Å². The van der Waals surface area contributed by atoms with Crippen LogP contribution in [0.25, 0.3) is 0 Å². The third kappa shape index (κ3) is 9.98. The number of unbranched alkanes of at least 4 members (excludes halogenated alkanes) is 1. The molecule has 8 heteroatoms. The summed E-state index contributed by atoms with van der Waals surface area (Å²) in [6.07, 6.45) is 1.97. The number of carbonyl (C=O) groups excluding carboxylic acids is 2. The molecule has 0 aromatic heterocycles. The first kappa shape index (κ1) is 28.8. The Morgan fingerprint density at radius 3 is 2.26 bits per heavy atom. The maximum absolute atomic E-state index is 12.8. The standard InChI is InChI=1S/C27H36N2O4S2/c1-27(2,19-35-25(32)21-10-6-5-7-11-21)26(33)28-23(24(30)31)12-8-9-17-34-18-20-13-15-22(16-14-20)29(3)4/h5-7,10-11,13-16,23H,8-9,12,17-19H2,1-4H3,(H,28,33)(H,30,31)/t23-/m0/s1. The van der Waals surface area contributed by atoms with Gasteiger partial charge in [-0.2, -0.15) is 11.8 Å². The summed E-state index contributed by atoms with van der Waals surface area (Å²) < 4.78 is 0. The molecule has 2 N–H and O–H groups in total. The summed E-state index contributed by atoms with van der Waals surface area (Å²) in [5, 5.41) is 12.2. The van der Waals surface area contributed by atoms with Gasteiger partial charge in [0.05, 0.1) is 5.41 Å². The third-order valence-electron chi connectivity index (χ3n) is 5.54. The average Bonchev–Trinajstić information content (AvgIpc) is 2.84. The van der Waals surface area contributed by atoms with Crippen LogP contribution in [0, 0.1) is 5.41 Å². The normalized spacial score (nSPS) is 12.1. The molecule has 1 atom stereocenters. The minimum absolute atomic E-state index is 0.104. The molecule has 0 saturated heterocycles. The van der Waals surface area contributed by atoms with E-state index in [1.54, 1.807) is 38.1 Å². The minimum atomic E-state index is -1.03. The fourth-order valence-corrected chi connectivity index (χ4v) is 5.12. The number of anilines is 1. The highest BCUT2D eigenvalue weighted by Crippen LogP contribution is 2.25. The van der Waals surface area contributed by atoms with Crippen LogP contribution in [0.2, 0.25) is 0 Å². The highest BCUT2D eigenvalue weighted by atomic mass is 32.2. The van der Waals surface area contributed by atoms with Gasteiger partial charge in [-0.1, -0.05) is 68.1 Å². The molecule has 2 rings (SSSR count). The van der Waals surface area contributed by atoms with E-state index in [0.717, 1.165) is 29.7 Å². The van der Waals surface area contributed by atoms with Crippen LogP contribution in [0.1, 0.15) is 49.0 Å². The Morgan fingerprint density at radius 2 is 1.66 bits per heavy atom. The Kier molecular flexibility index (Phi) is 11.7. The number of aliphatic carboxylic acids is 1. The zero-order valence-corrected chi connectivity index (χ0v) is 22.6. The molecular weight excluding hydrogens is 480 g/mol. The van der Waals surface area contributed by atoms with E-state index in [4.69, 9.17) is 0 Å². The summed E-state index contributed by atoms with van der Waals surface area (Å²) in [6, 6.07) is 16.4. The molecule has 0 aliphatic rings. The van der Waals surface area contributed by atoms with Gasteiger partial charge in [0.2, 0.25) is 11.0 Å². The van der Waals surface area contributed by atoms with Gasteiger partial charge in [0.15, 0.2) is 0 Å². The molecular formula is C27H36N2O4S2. The van der Waals surface area contributed by atoms with E-state index < -0.39 is 17.4 Å². The molecule has 0 heterocycles. The maximum atomic E-state index is 12.8. The van der Waals surface area contributed by atoms with Crippen LogP contribution >= 0.6 is 23.5 Å². The average molecular weight is 517 g/mol. The lowest BCUT2D eigenvalue weighted by Crippen LogP contribution is -2.47. The first-order chi connectivity index (χ1) is 16.6. The van der Waals surface area contributed by atoms with Crippen molar-refractivity contribution in [2.24, 2.45) is 5.41 Å². The highest BCUT2D eigenvalue weighted by Gasteiger charge is 2.32. The summed E-state index contributed by atoms with van der Waals surface area (Å²) >= 11 is 2.90. The molecule has 0 bridgehead atoms. The lowest BCUT2D eigenvalue weighted by atomic mass is 9.94. The second-order valence-corrected chi connectivity index (χ2v) is 11.4. The van der Waals surface area contributed by atoms with E-state index in [1.165, 1.54) is 11.3 Å². The number of rotatable bonds is 14. The van der Waals surface area contributed by atoms with Crippen LogP contribution in [0.15, 0.2) is 54.6 Å². The van der Waals surface area contributed by atoms with Crippen LogP contribution < -0.4 is 10.2 Å². The number of carboxylic acids is 1. The zero-order valence-electron chi connectivity index (χ0n) is 21.0. The quantitative estimate of drug-likeness (QED) is 0.328. The lowest BCUT2D eigenvalue weighted by Gasteiger charge is -2.25. The monoisotopic (exact) mass is 516 g/mol. The first-order valence-electron chi connectivity index (χ1n) is 11.7. The van der Waals surface area contributed by atoms with Crippen LogP contribution in [-0.4, -0.2) is 53.7 Å². The Balaban J connectivity index is 1.72. The predicted octanol–water partition coefficient (Wildman–Crippen LogP) is 5.33. The number of hydrogen-bond donors (Lipinski definition) is 2. The summed E-state index contributed by atoms with van der Waals surface area (Å²) in [7, 11) is 4.03. The first-order valence-corrected chi connectivity index (χ1v) is 13.8. The largest absolute Gasteiger partial charge is 0.480 e. The van der Waals surface area contributed by atoms with E-state index >= 15 is 0 Å². The summed E-state index contributed by atoms with van der Waals surface area (Å²) in [6.45, 7) is 3.46. The van der Waals surface area contributed by atoms with E-state index in [-0.39, 0.29) is 16.8 Å². The number of carboxylic acid groups (broad SMARTS) is 1. The van der Waals surface area contributed by atoms with Crippen molar-refractivity contribution in [2.45, 2.75) is 44.9 Å². The topological polar surface area (TPSA) is 86.7 Å². The zero-order chi connectivity index (χ0) is 25.8. The van der Waals surface area contributed by atoms with E-state index in [0.29, 0.717) is 18.4 Å². The van der Waals surface area contributed by atoms with Gasteiger partial charge in [-0.15, -0.1) is 0 Å². The molecule has 1 amide bonds. The Labute approximate surface area is 217 Å². The minimum Gasteiger partial charge on any atom is -0.480 e. The van der Waals surface area contributed by atoms with Crippen molar-refractivity contribution in [3.05, 3.63) is 65.7 Å². The van der Waals surface area contributed by atoms with Crippen molar-refractivity contribution >= 4 is 46.2 Å². The van der Waals surface area contributed by atoms with E-state index in [9.17, 15) is 19.5 Å². The summed E-state index contributed by atoms with van der Waals surface area (Å²) in [4.78, 5) is 38.9. The maximum Gasteiger partial charge on any atom is 0.326 e. The fraction of sp³-hybridized carbons (Fsp3) is 0.444. The van der Waals surface area contributed by atoms with Crippen LogP contribution in [-0.2, 0) is 15.3 Å².